The molecular formula is C18H24O7. The number of Topliss-reactive ketones (excluding diaryl/α,β-unsaturated/α-hetero) is 1. The number of benzene rings is 1. The van der Waals surface area contributed by atoms with Gasteiger partial charge in [-0.05, 0) is 19.4 Å². The number of ether oxygens (including phenoxy) is 4. The van der Waals surface area contributed by atoms with Crippen molar-refractivity contribution in [1.82, 2.24) is 0 Å². The van der Waals surface area contributed by atoms with Crippen molar-refractivity contribution in [1.29, 1.82) is 0 Å². The Morgan fingerprint density at radius 2 is 2.04 bits per heavy atom. The summed E-state index contributed by atoms with van der Waals surface area (Å²) < 4.78 is 21.4. The summed E-state index contributed by atoms with van der Waals surface area (Å²) in [6.45, 7) is 4.57. The summed E-state index contributed by atoms with van der Waals surface area (Å²) in [4.78, 5) is 23.4. The van der Waals surface area contributed by atoms with Crippen molar-refractivity contribution in [2.75, 3.05) is 13.2 Å². The number of ketones is 1. The highest BCUT2D eigenvalue weighted by molar-refractivity contribution is 5.85. The zero-order chi connectivity index (χ0) is 18.4. The minimum atomic E-state index is -1.35. The van der Waals surface area contributed by atoms with Crippen LogP contribution in [-0.4, -0.2) is 54.2 Å². The number of rotatable bonds is 7. The second-order valence-electron chi connectivity index (χ2n) is 6.33. The molecule has 0 aromatic heterocycles. The predicted molar refractivity (Wildman–Crippen MR) is 87.6 cm³/mol. The van der Waals surface area contributed by atoms with Crippen molar-refractivity contribution in [2.45, 2.75) is 51.5 Å². The number of carbonyl (C=O) groups excluding carboxylic acids is 2. The Bertz CT molecular complexity index is 584. The van der Waals surface area contributed by atoms with Crippen molar-refractivity contribution in [3.8, 4) is 0 Å². The van der Waals surface area contributed by atoms with Gasteiger partial charge in [0.15, 0.2) is 23.8 Å². The summed E-state index contributed by atoms with van der Waals surface area (Å²) >= 11 is 0. The van der Waals surface area contributed by atoms with Gasteiger partial charge in [0.05, 0.1) is 13.2 Å². The van der Waals surface area contributed by atoms with Crippen LogP contribution in [0.25, 0.3) is 0 Å². The van der Waals surface area contributed by atoms with Gasteiger partial charge in [0, 0.05) is 6.92 Å². The Balaban J connectivity index is 1.99. The van der Waals surface area contributed by atoms with Crippen LogP contribution in [0.15, 0.2) is 30.3 Å². The molecule has 2 rings (SSSR count). The zero-order valence-electron chi connectivity index (χ0n) is 14.6. The monoisotopic (exact) mass is 352 g/mol. The van der Waals surface area contributed by atoms with Gasteiger partial charge in [-0.25, -0.2) is 0 Å². The molecule has 1 aromatic carbocycles. The summed E-state index contributed by atoms with van der Waals surface area (Å²) in [5.41, 5.74) is 0.943. The molecule has 0 aliphatic carbocycles. The summed E-state index contributed by atoms with van der Waals surface area (Å²) in [6.07, 6.45) is -3.52. The highest BCUT2D eigenvalue weighted by atomic mass is 16.7. The standard InChI is InChI=1S/C18H24O7/c1-12(19)24-15(11-22-9-13-7-5-4-6-8-13)16(21)17-14(20)10-23-18(2,3)25-17/h4-8,15-17,21H,9-11H2,1-3H3/t15-,16-,17+/m0/s1. The van der Waals surface area contributed by atoms with Gasteiger partial charge in [-0.3, -0.25) is 9.59 Å². The van der Waals surface area contributed by atoms with Gasteiger partial charge in [0.25, 0.3) is 0 Å². The molecule has 7 heteroatoms. The molecule has 25 heavy (non-hydrogen) atoms. The lowest BCUT2D eigenvalue weighted by Gasteiger charge is -2.38. The van der Waals surface area contributed by atoms with Gasteiger partial charge >= 0.3 is 5.97 Å². The molecule has 1 heterocycles. The molecule has 7 nitrogen and oxygen atoms in total. The molecule has 0 radical (unpaired) electrons. The largest absolute Gasteiger partial charge is 0.457 e. The number of aliphatic hydroxyl groups is 1. The fourth-order valence-corrected chi connectivity index (χ4v) is 2.47. The van der Waals surface area contributed by atoms with E-state index in [1.54, 1.807) is 13.8 Å². The van der Waals surface area contributed by atoms with Crippen LogP contribution in [0.5, 0.6) is 0 Å². The molecule has 0 amide bonds. The van der Waals surface area contributed by atoms with Crippen molar-refractivity contribution in [3.63, 3.8) is 0 Å². The third-order valence-electron chi connectivity index (χ3n) is 3.69. The van der Waals surface area contributed by atoms with Crippen LogP contribution in [-0.2, 0) is 35.1 Å². The maximum absolute atomic E-state index is 12.0. The fourth-order valence-electron chi connectivity index (χ4n) is 2.47. The number of esters is 1. The maximum atomic E-state index is 12.0. The topological polar surface area (TPSA) is 91.3 Å². The van der Waals surface area contributed by atoms with Gasteiger partial charge < -0.3 is 24.1 Å². The molecule has 0 spiro atoms. The van der Waals surface area contributed by atoms with Gasteiger partial charge in [-0.15, -0.1) is 0 Å². The third kappa shape index (κ3) is 5.89. The molecule has 1 N–H and O–H groups in total. The van der Waals surface area contributed by atoms with E-state index in [1.165, 1.54) is 6.92 Å². The van der Waals surface area contributed by atoms with E-state index in [0.717, 1.165) is 5.56 Å². The van der Waals surface area contributed by atoms with E-state index in [4.69, 9.17) is 18.9 Å². The summed E-state index contributed by atoms with van der Waals surface area (Å²) in [5, 5.41) is 10.5. The second kappa shape index (κ2) is 8.53. The molecule has 0 bridgehead atoms. The highest BCUT2D eigenvalue weighted by Gasteiger charge is 2.43. The van der Waals surface area contributed by atoms with Crippen LogP contribution < -0.4 is 0 Å². The van der Waals surface area contributed by atoms with Crippen molar-refractivity contribution in [2.24, 2.45) is 0 Å². The normalized spacial score (nSPS) is 22.2. The molecule has 1 saturated heterocycles. The molecule has 0 unspecified atom stereocenters. The minimum Gasteiger partial charge on any atom is -0.457 e. The SMILES string of the molecule is CC(=O)O[C@@H](COCc1ccccc1)[C@H](O)[C@@H]1OC(C)(C)OCC1=O. The first-order valence-corrected chi connectivity index (χ1v) is 8.10. The average molecular weight is 352 g/mol. The predicted octanol–water partition coefficient (Wildman–Crippen LogP) is 1.22. The second-order valence-corrected chi connectivity index (χ2v) is 6.33. The van der Waals surface area contributed by atoms with Crippen LogP contribution in [0.2, 0.25) is 0 Å². The summed E-state index contributed by atoms with van der Waals surface area (Å²) in [5.74, 6) is -2.00. The van der Waals surface area contributed by atoms with Crippen molar-refractivity contribution >= 4 is 11.8 Å². The van der Waals surface area contributed by atoms with Gasteiger partial charge in [-0.2, -0.15) is 0 Å². The Kier molecular flexibility index (Phi) is 6.66. The van der Waals surface area contributed by atoms with E-state index < -0.39 is 35.9 Å². The maximum Gasteiger partial charge on any atom is 0.303 e. The Labute approximate surface area is 146 Å². The molecule has 1 aromatic rings. The van der Waals surface area contributed by atoms with E-state index in [2.05, 4.69) is 0 Å². The Hall–Kier alpha value is -1.80. The first-order chi connectivity index (χ1) is 11.8. The molecular weight excluding hydrogens is 328 g/mol. The minimum absolute atomic E-state index is 0.0654. The van der Waals surface area contributed by atoms with Crippen LogP contribution in [0.1, 0.15) is 26.3 Å². The average Bonchev–Trinajstić information content (AvgIpc) is 2.56. The first-order valence-electron chi connectivity index (χ1n) is 8.10. The Morgan fingerprint density at radius 1 is 1.36 bits per heavy atom. The van der Waals surface area contributed by atoms with E-state index in [-0.39, 0.29) is 13.2 Å². The van der Waals surface area contributed by atoms with Gasteiger partial charge in [0.2, 0.25) is 0 Å². The number of hydrogen-bond donors (Lipinski definition) is 1. The first kappa shape index (κ1) is 19.5. The molecule has 1 fully saturated rings. The summed E-state index contributed by atoms with van der Waals surface area (Å²) in [7, 11) is 0. The van der Waals surface area contributed by atoms with E-state index in [9.17, 15) is 14.7 Å². The highest BCUT2D eigenvalue weighted by Crippen LogP contribution is 2.24. The molecule has 1 aliphatic heterocycles. The molecule has 1 aliphatic rings. The number of aliphatic hydroxyl groups excluding tert-OH is 1. The quantitative estimate of drug-likeness (QED) is 0.738. The lowest BCUT2D eigenvalue weighted by atomic mass is 10.0. The zero-order valence-corrected chi connectivity index (χ0v) is 14.6. The van der Waals surface area contributed by atoms with Crippen LogP contribution in [0.4, 0.5) is 0 Å². The van der Waals surface area contributed by atoms with Crippen LogP contribution in [0.3, 0.4) is 0 Å². The van der Waals surface area contributed by atoms with E-state index in [0.29, 0.717) is 6.61 Å². The van der Waals surface area contributed by atoms with E-state index >= 15 is 0 Å². The molecule has 3 atom stereocenters. The van der Waals surface area contributed by atoms with Gasteiger partial charge in [0.1, 0.15) is 12.7 Å². The fraction of sp³-hybridized carbons (Fsp3) is 0.556. The number of carbonyl (C=O) groups is 2. The van der Waals surface area contributed by atoms with Crippen LogP contribution >= 0.6 is 0 Å². The van der Waals surface area contributed by atoms with Gasteiger partial charge in [-0.1, -0.05) is 30.3 Å². The summed E-state index contributed by atoms with van der Waals surface area (Å²) in [6, 6.07) is 9.45. The lowest BCUT2D eigenvalue weighted by molar-refractivity contribution is -0.277. The van der Waals surface area contributed by atoms with E-state index in [1.807, 2.05) is 30.3 Å². The van der Waals surface area contributed by atoms with Crippen molar-refractivity contribution < 1.29 is 33.6 Å². The lowest BCUT2D eigenvalue weighted by Crippen LogP contribution is -2.55. The molecule has 0 saturated carbocycles. The third-order valence-corrected chi connectivity index (χ3v) is 3.69. The Morgan fingerprint density at radius 3 is 2.68 bits per heavy atom. The van der Waals surface area contributed by atoms with Crippen molar-refractivity contribution in [3.05, 3.63) is 35.9 Å². The smallest absolute Gasteiger partial charge is 0.303 e. The van der Waals surface area contributed by atoms with Crippen LogP contribution in [0, 0.1) is 0 Å². The molecule has 138 valence electrons. The number of hydrogen-bond acceptors (Lipinski definition) is 7.